The molecule has 20 heavy (non-hydrogen) atoms. The summed E-state index contributed by atoms with van der Waals surface area (Å²) in [6.07, 6.45) is 13.1. The lowest BCUT2D eigenvalue weighted by atomic mass is 10.1. The molecule has 0 radical (unpaired) electrons. The smallest absolute Gasteiger partial charge is 0.203 e. The maximum atomic E-state index is 4.55. The molecule has 3 heteroatoms. The molecule has 1 N–H and O–H groups in total. The van der Waals surface area contributed by atoms with Crippen molar-refractivity contribution in [1.82, 2.24) is 9.55 Å². The van der Waals surface area contributed by atoms with Crippen LogP contribution in [0, 0.1) is 6.92 Å². The maximum absolute atomic E-state index is 4.55. The zero-order valence-electron chi connectivity index (χ0n) is 13.9. The number of anilines is 1. The molecule has 0 aliphatic carbocycles. The molecule has 0 aromatic carbocycles. The molecule has 0 saturated carbocycles. The van der Waals surface area contributed by atoms with Crippen LogP contribution in [-0.2, 0) is 0 Å². The van der Waals surface area contributed by atoms with Crippen molar-refractivity contribution in [3.05, 3.63) is 11.9 Å². The zero-order valence-corrected chi connectivity index (χ0v) is 13.9. The normalized spacial score (nSPS) is 11.2. The van der Waals surface area contributed by atoms with Gasteiger partial charge in [0.25, 0.3) is 0 Å². The van der Waals surface area contributed by atoms with E-state index in [1.165, 1.54) is 51.4 Å². The Labute approximate surface area is 125 Å². The number of hydrogen-bond acceptors (Lipinski definition) is 2. The van der Waals surface area contributed by atoms with Crippen LogP contribution in [0.4, 0.5) is 5.95 Å². The first-order chi connectivity index (χ1) is 9.65. The Kier molecular flexibility index (Phi) is 8.40. The summed E-state index contributed by atoms with van der Waals surface area (Å²) in [6, 6.07) is 0.470. The van der Waals surface area contributed by atoms with Gasteiger partial charge in [-0.1, -0.05) is 51.9 Å². The second-order valence-electron chi connectivity index (χ2n) is 6.11. The molecule has 0 amide bonds. The number of aryl methyl sites for hydroxylation is 1. The number of nitrogens with one attached hydrogen (secondary N) is 1. The van der Waals surface area contributed by atoms with Gasteiger partial charge in [0, 0.05) is 18.8 Å². The van der Waals surface area contributed by atoms with Crippen LogP contribution in [-0.4, -0.2) is 16.1 Å². The van der Waals surface area contributed by atoms with Gasteiger partial charge < -0.3 is 9.88 Å². The van der Waals surface area contributed by atoms with Crippen LogP contribution in [0.3, 0.4) is 0 Å². The third-order valence-electron chi connectivity index (χ3n) is 3.72. The Morgan fingerprint density at radius 3 is 2.25 bits per heavy atom. The maximum Gasteiger partial charge on any atom is 0.203 e. The van der Waals surface area contributed by atoms with E-state index in [9.17, 15) is 0 Å². The SMILES string of the molecule is CCCCCCCCCCNc1nc(C)cn1C(C)C. The van der Waals surface area contributed by atoms with E-state index in [1.54, 1.807) is 0 Å². The standard InChI is InChI=1S/C17H33N3/c1-5-6-7-8-9-10-11-12-13-18-17-19-16(4)14-20(17)15(2)3/h14-15H,5-13H2,1-4H3,(H,18,19). The summed E-state index contributed by atoms with van der Waals surface area (Å²) in [6.45, 7) is 9.76. The van der Waals surface area contributed by atoms with Crippen molar-refractivity contribution < 1.29 is 0 Å². The third-order valence-corrected chi connectivity index (χ3v) is 3.72. The number of rotatable bonds is 11. The molecule has 1 heterocycles. The van der Waals surface area contributed by atoms with E-state index in [0.717, 1.165) is 18.2 Å². The van der Waals surface area contributed by atoms with Gasteiger partial charge in [-0.25, -0.2) is 4.98 Å². The van der Waals surface area contributed by atoms with Crippen LogP contribution in [0.25, 0.3) is 0 Å². The van der Waals surface area contributed by atoms with Gasteiger partial charge in [-0.3, -0.25) is 0 Å². The summed E-state index contributed by atoms with van der Waals surface area (Å²) in [7, 11) is 0. The first kappa shape index (κ1) is 17.1. The van der Waals surface area contributed by atoms with Crippen LogP contribution in [0.1, 0.15) is 83.9 Å². The van der Waals surface area contributed by atoms with Crippen LogP contribution in [0.5, 0.6) is 0 Å². The Bertz CT molecular complexity index is 355. The molecule has 0 fully saturated rings. The summed E-state index contributed by atoms with van der Waals surface area (Å²) < 4.78 is 2.22. The Morgan fingerprint density at radius 2 is 1.65 bits per heavy atom. The molecule has 1 aromatic rings. The fourth-order valence-electron chi connectivity index (χ4n) is 2.50. The lowest BCUT2D eigenvalue weighted by Crippen LogP contribution is -2.10. The number of nitrogens with zero attached hydrogens (tertiary/aromatic N) is 2. The van der Waals surface area contributed by atoms with E-state index in [4.69, 9.17) is 0 Å². The molecule has 1 rings (SSSR count). The van der Waals surface area contributed by atoms with E-state index in [0.29, 0.717) is 6.04 Å². The van der Waals surface area contributed by atoms with Crippen molar-refractivity contribution in [3.63, 3.8) is 0 Å². The molecule has 116 valence electrons. The second kappa shape index (κ2) is 9.84. The summed E-state index contributed by atoms with van der Waals surface area (Å²) in [4.78, 5) is 4.55. The topological polar surface area (TPSA) is 29.9 Å². The van der Waals surface area contributed by atoms with E-state index < -0.39 is 0 Å². The lowest BCUT2D eigenvalue weighted by Gasteiger charge is -2.12. The summed E-state index contributed by atoms with van der Waals surface area (Å²) in [5.74, 6) is 1.03. The van der Waals surface area contributed by atoms with Crippen molar-refractivity contribution >= 4 is 5.95 Å². The molecular weight excluding hydrogens is 246 g/mol. The molecule has 3 nitrogen and oxygen atoms in total. The van der Waals surface area contributed by atoms with Crippen molar-refractivity contribution in [2.45, 2.75) is 85.1 Å². The second-order valence-corrected chi connectivity index (χ2v) is 6.11. The molecule has 0 aliphatic heterocycles. The van der Waals surface area contributed by atoms with Crippen LogP contribution in [0.15, 0.2) is 6.20 Å². The molecule has 0 unspecified atom stereocenters. The minimum Gasteiger partial charge on any atom is -0.356 e. The molecule has 1 aromatic heterocycles. The highest BCUT2D eigenvalue weighted by molar-refractivity contribution is 5.29. The number of hydrogen-bond donors (Lipinski definition) is 1. The lowest BCUT2D eigenvalue weighted by molar-refractivity contribution is 0.577. The van der Waals surface area contributed by atoms with Gasteiger partial charge in [0.05, 0.1) is 5.69 Å². The van der Waals surface area contributed by atoms with E-state index in [-0.39, 0.29) is 0 Å². The van der Waals surface area contributed by atoms with Crippen LogP contribution >= 0.6 is 0 Å². The quantitative estimate of drug-likeness (QED) is 0.555. The Hall–Kier alpha value is -0.990. The minimum atomic E-state index is 0.470. The number of unbranched alkanes of at least 4 members (excludes halogenated alkanes) is 7. The molecule has 0 spiro atoms. The van der Waals surface area contributed by atoms with Gasteiger partial charge in [0.2, 0.25) is 5.95 Å². The van der Waals surface area contributed by atoms with Crippen LogP contribution < -0.4 is 5.32 Å². The van der Waals surface area contributed by atoms with Crippen molar-refractivity contribution in [1.29, 1.82) is 0 Å². The molecule has 0 atom stereocenters. The van der Waals surface area contributed by atoms with Gasteiger partial charge in [0.1, 0.15) is 0 Å². The molecule has 0 saturated heterocycles. The largest absolute Gasteiger partial charge is 0.356 e. The predicted molar refractivity (Wildman–Crippen MR) is 88.4 cm³/mol. The highest BCUT2D eigenvalue weighted by Gasteiger charge is 2.07. The van der Waals surface area contributed by atoms with E-state index in [1.807, 2.05) is 0 Å². The monoisotopic (exact) mass is 279 g/mol. The fourth-order valence-corrected chi connectivity index (χ4v) is 2.50. The summed E-state index contributed by atoms with van der Waals surface area (Å²) in [5.41, 5.74) is 1.09. The van der Waals surface area contributed by atoms with Crippen LogP contribution in [0.2, 0.25) is 0 Å². The average molecular weight is 279 g/mol. The van der Waals surface area contributed by atoms with E-state index >= 15 is 0 Å². The molecule has 0 aliphatic rings. The average Bonchev–Trinajstić information content (AvgIpc) is 2.78. The summed E-state index contributed by atoms with van der Waals surface area (Å²) >= 11 is 0. The molecular formula is C17H33N3. The Morgan fingerprint density at radius 1 is 1.05 bits per heavy atom. The summed E-state index contributed by atoms with van der Waals surface area (Å²) in [5, 5.41) is 3.48. The van der Waals surface area contributed by atoms with Gasteiger partial charge >= 0.3 is 0 Å². The van der Waals surface area contributed by atoms with Crippen molar-refractivity contribution in [2.24, 2.45) is 0 Å². The van der Waals surface area contributed by atoms with Crippen molar-refractivity contribution in [2.75, 3.05) is 11.9 Å². The highest BCUT2D eigenvalue weighted by atomic mass is 15.2. The third kappa shape index (κ3) is 6.44. The first-order valence-corrected chi connectivity index (χ1v) is 8.44. The fraction of sp³-hybridized carbons (Fsp3) is 0.824. The van der Waals surface area contributed by atoms with Gasteiger partial charge in [-0.2, -0.15) is 0 Å². The zero-order chi connectivity index (χ0) is 14.8. The van der Waals surface area contributed by atoms with Gasteiger partial charge in [-0.05, 0) is 27.2 Å². The Balaban J connectivity index is 2.09. The predicted octanol–water partition coefficient (Wildman–Crippen LogP) is 5.33. The van der Waals surface area contributed by atoms with Crippen molar-refractivity contribution in [3.8, 4) is 0 Å². The van der Waals surface area contributed by atoms with E-state index in [2.05, 4.69) is 48.8 Å². The number of aromatic nitrogens is 2. The molecule has 0 bridgehead atoms. The minimum absolute atomic E-state index is 0.470. The highest BCUT2D eigenvalue weighted by Crippen LogP contribution is 2.15. The van der Waals surface area contributed by atoms with Gasteiger partial charge in [0.15, 0.2) is 0 Å². The first-order valence-electron chi connectivity index (χ1n) is 8.44. The number of imidazole rings is 1. The van der Waals surface area contributed by atoms with Gasteiger partial charge in [-0.15, -0.1) is 0 Å².